The fourth-order valence-electron chi connectivity index (χ4n) is 2.85. The molecule has 1 spiro atoms. The van der Waals surface area contributed by atoms with Crippen LogP contribution >= 0.6 is 0 Å². The van der Waals surface area contributed by atoms with Crippen molar-refractivity contribution >= 4 is 17.9 Å². The number of imide groups is 1. The van der Waals surface area contributed by atoms with Gasteiger partial charge in [-0.05, 0) is 25.7 Å². The van der Waals surface area contributed by atoms with Gasteiger partial charge in [-0.1, -0.05) is 6.92 Å². The highest BCUT2D eigenvalue weighted by atomic mass is 16.4. The predicted octanol–water partition coefficient (Wildman–Crippen LogP) is 0.0854. The fourth-order valence-corrected chi connectivity index (χ4v) is 2.85. The van der Waals surface area contributed by atoms with Crippen molar-refractivity contribution in [2.75, 3.05) is 0 Å². The molecule has 0 aromatic heterocycles. The van der Waals surface area contributed by atoms with Crippen LogP contribution in [0, 0.1) is 11.3 Å². The molecule has 1 heterocycles. The van der Waals surface area contributed by atoms with Crippen molar-refractivity contribution < 1.29 is 19.5 Å². The topological polar surface area (TPSA) is 95.5 Å². The zero-order valence-electron chi connectivity index (χ0n) is 9.16. The van der Waals surface area contributed by atoms with E-state index < -0.39 is 28.9 Å². The molecule has 16 heavy (non-hydrogen) atoms. The van der Waals surface area contributed by atoms with Gasteiger partial charge in [-0.25, -0.2) is 4.79 Å². The summed E-state index contributed by atoms with van der Waals surface area (Å²) >= 11 is 0. The Morgan fingerprint density at radius 3 is 2.50 bits per heavy atom. The van der Waals surface area contributed by atoms with Gasteiger partial charge in [-0.2, -0.15) is 0 Å². The molecular formula is C10H14N2O4. The molecule has 6 nitrogen and oxygen atoms in total. The van der Waals surface area contributed by atoms with Crippen molar-refractivity contribution in [1.29, 1.82) is 0 Å². The third kappa shape index (κ3) is 1.22. The van der Waals surface area contributed by atoms with Gasteiger partial charge in [0.2, 0.25) is 0 Å². The summed E-state index contributed by atoms with van der Waals surface area (Å²) in [4.78, 5) is 34.0. The van der Waals surface area contributed by atoms with Crippen LogP contribution in [-0.4, -0.2) is 28.6 Å². The molecule has 6 heteroatoms. The number of hydrogen-bond acceptors (Lipinski definition) is 3. The van der Waals surface area contributed by atoms with Gasteiger partial charge >= 0.3 is 12.0 Å². The Morgan fingerprint density at radius 2 is 2.12 bits per heavy atom. The molecule has 2 aliphatic rings. The van der Waals surface area contributed by atoms with E-state index in [2.05, 4.69) is 10.6 Å². The summed E-state index contributed by atoms with van der Waals surface area (Å²) in [6.45, 7) is 3.40. The zero-order chi connectivity index (χ0) is 12.1. The second kappa shape index (κ2) is 2.96. The van der Waals surface area contributed by atoms with Gasteiger partial charge in [-0.15, -0.1) is 0 Å². The quantitative estimate of drug-likeness (QED) is 0.552. The summed E-state index contributed by atoms with van der Waals surface area (Å²) in [6.07, 6.45) is 0.532. The Morgan fingerprint density at radius 1 is 1.50 bits per heavy atom. The van der Waals surface area contributed by atoms with Gasteiger partial charge in [0, 0.05) is 0 Å². The molecule has 1 aliphatic heterocycles. The first-order chi connectivity index (χ1) is 7.30. The van der Waals surface area contributed by atoms with E-state index in [1.807, 2.05) is 0 Å². The third-order valence-electron chi connectivity index (χ3n) is 3.75. The number of hydrogen-bond donors (Lipinski definition) is 3. The van der Waals surface area contributed by atoms with E-state index in [0.29, 0.717) is 6.42 Å². The van der Waals surface area contributed by atoms with Crippen LogP contribution in [-0.2, 0) is 9.59 Å². The second-order valence-corrected chi connectivity index (χ2v) is 5.03. The highest BCUT2D eigenvalue weighted by Crippen LogP contribution is 2.49. The van der Waals surface area contributed by atoms with Crippen molar-refractivity contribution in [3.8, 4) is 0 Å². The molecule has 88 valence electrons. The lowest BCUT2D eigenvalue weighted by Crippen LogP contribution is -2.49. The largest absolute Gasteiger partial charge is 0.481 e. The minimum absolute atomic E-state index is 0.147. The average molecular weight is 226 g/mol. The fraction of sp³-hybridized carbons (Fsp3) is 0.700. The number of carboxylic acids is 1. The molecule has 0 aromatic rings. The maximum atomic E-state index is 11.7. The van der Waals surface area contributed by atoms with E-state index in [1.54, 1.807) is 13.8 Å². The lowest BCUT2D eigenvalue weighted by molar-refractivity contribution is -0.147. The molecule has 2 rings (SSSR count). The molecule has 1 saturated heterocycles. The van der Waals surface area contributed by atoms with Crippen molar-refractivity contribution in [2.24, 2.45) is 11.3 Å². The van der Waals surface area contributed by atoms with Crippen LogP contribution in [0.3, 0.4) is 0 Å². The van der Waals surface area contributed by atoms with Crippen molar-refractivity contribution in [1.82, 2.24) is 10.6 Å². The van der Waals surface area contributed by atoms with Crippen LogP contribution in [0.1, 0.15) is 26.7 Å². The first-order valence-electron chi connectivity index (χ1n) is 5.17. The first-order valence-corrected chi connectivity index (χ1v) is 5.17. The highest BCUT2D eigenvalue weighted by molar-refractivity contribution is 6.07. The van der Waals surface area contributed by atoms with Crippen molar-refractivity contribution in [3.63, 3.8) is 0 Å². The van der Waals surface area contributed by atoms with Gasteiger partial charge in [0.25, 0.3) is 5.91 Å². The maximum absolute atomic E-state index is 11.7. The van der Waals surface area contributed by atoms with Crippen LogP contribution < -0.4 is 10.6 Å². The van der Waals surface area contributed by atoms with Gasteiger partial charge in [0.05, 0.1) is 5.41 Å². The Labute approximate surface area is 92.4 Å². The van der Waals surface area contributed by atoms with E-state index in [-0.39, 0.29) is 12.3 Å². The number of carboxylic acid groups (broad SMARTS) is 1. The molecule has 3 atom stereocenters. The third-order valence-corrected chi connectivity index (χ3v) is 3.75. The molecule has 2 fully saturated rings. The van der Waals surface area contributed by atoms with E-state index >= 15 is 0 Å². The number of aliphatic carboxylic acids is 1. The van der Waals surface area contributed by atoms with Crippen LogP contribution in [0.15, 0.2) is 0 Å². The molecule has 0 aromatic carbocycles. The Balaban J connectivity index is 2.35. The van der Waals surface area contributed by atoms with Crippen LogP contribution in [0.4, 0.5) is 4.79 Å². The van der Waals surface area contributed by atoms with E-state index in [0.717, 1.165) is 0 Å². The minimum Gasteiger partial charge on any atom is -0.481 e. The number of carbonyl (C=O) groups excluding carboxylic acids is 2. The summed E-state index contributed by atoms with van der Waals surface area (Å²) in [6, 6.07) is -0.536. The molecule has 3 amide bonds. The average Bonchev–Trinajstić information content (AvgIpc) is 2.54. The van der Waals surface area contributed by atoms with Crippen LogP contribution in [0.5, 0.6) is 0 Å². The summed E-state index contributed by atoms with van der Waals surface area (Å²) in [5.74, 6) is -1.51. The molecule has 0 radical (unpaired) electrons. The van der Waals surface area contributed by atoms with E-state index in [4.69, 9.17) is 5.11 Å². The van der Waals surface area contributed by atoms with E-state index in [1.165, 1.54) is 0 Å². The number of carbonyl (C=O) groups is 3. The normalized spacial score (nSPS) is 42.2. The monoisotopic (exact) mass is 226 g/mol. The molecule has 0 bridgehead atoms. The lowest BCUT2D eigenvalue weighted by Gasteiger charge is -2.25. The van der Waals surface area contributed by atoms with Gasteiger partial charge in [0.1, 0.15) is 5.54 Å². The van der Waals surface area contributed by atoms with Crippen LogP contribution in [0.2, 0.25) is 0 Å². The zero-order valence-corrected chi connectivity index (χ0v) is 9.16. The van der Waals surface area contributed by atoms with Gasteiger partial charge in [-0.3, -0.25) is 14.9 Å². The number of amides is 3. The Hall–Kier alpha value is -1.59. The minimum atomic E-state index is -1.04. The summed E-state index contributed by atoms with van der Waals surface area (Å²) in [5, 5.41) is 13.9. The summed E-state index contributed by atoms with van der Waals surface area (Å²) < 4.78 is 0. The summed E-state index contributed by atoms with van der Waals surface area (Å²) in [7, 11) is 0. The molecule has 1 saturated carbocycles. The Bertz CT molecular complexity index is 394. The number of urea groups is 1. The van der Waals surface area contributed by atoms with Crippen molar-refractivity contribution in [3.05, 3.63) is 0 Å². The van der Waals surface area contributed by atoms with E-state index in [9.17, 15) is 14.4 Å². The number of nitrogens with one attached hydrogen (secondary N) is 2. The first kappa shape index (κ1) is 10.9. The molecular weight excluding hydrogens is 212 g/mol. The maximum Gasteiger partial charge on any atom is 0.322 e. The summed E-state index contributed by atoms with van der Waals surface area (Å²) in [5.41, 5.74) is -1.99. The lowest BCUT2D eigenvalue weighted by atomic mass is 9.85. The molecule has 1 aliphatic carbocycles. The van der Waals surface area contributed by atoms with Gasteiger partial charge in [0.15, 0.2) is 0 Å². The number of rotatable bonds is 1. The predicted molar refractivity (Wildman–Crippen MR) is 53.5 cm³/mol. The smallest absolute Gasteiger partial charge is 0.322 e. The standard InChI is InChI=1S/C10H14N2O4/c1-5-3-9(2,7(14)15)4-10(5)6(13)11-8(16)12-10/h5H,3-4H2,1-2H3,(H,14,15)(H2,11,12,13,16)/t5-,9+,10+/m0/s1. The van der Waals surface area contributed by atoms with Crippen molar-refractivity contribution in [2.45, 2.75) is 32.2 Å². The van der Waals surface area contributed by atoms with Crippen LogP contribution in [0.25, 0.3) is 0 Å². The molecule has 0 unspecified atom stereocenters. The second-order valence-electron chi connectivity index (χ2n) is 5.03. The Kier molecular flexibility index (Phi) is 2.02. The molecule has 3 N–H and O–H groups in total. The SMILES string of the molecule is C[C@H]1C[C@@](C)(C(=O)O)C[C@@]12NC(=O)NC2=O. The van der Waals surface area contributed by atoms with Gasteiger partial charge < -0.3 is 10.4 Å². The highest BCUT2D eigenvalue weighted by Gasteiger charge is 2.61.